The molecule has 4 aromatic rings. The summed E-state index contributed by atoms with van der Waals surface area (Å²) in [6.07, 6.45) is 2.98. The maximum atomic E-state index is 11.8. The Morgan fingerprint density at radius 1 is 1.03 bits per heavy atom. The Labute approximate surface area is 188 Å². The normalized spacial score (nSPS) is 13.3. The molecule has 1 aliphatic heterocycles. The molecule has 0 amide bonds. The molecule has 5 heteroatoms. The van der Waals surface area contributed by atoms with E-state index in [1.807, 2.05) is 30.5 Å². The van der Waals surface area contributed by atoms with Crippen molar-refractivity contribution in [3.63, 3.8) is 0 Å². The van der Waals surface area contributed by atoms with Crippen molar-refractivity contribution in [2.45, 2.75) is 33.4 Å². The predicted molar refractivity (Wildman–Crippen MR) is 127 cm³/mol. The van der Waals surface area contributed by atoms with E-state index in [2.05, 4.69) is 53.6 Å². The molecule has 0 atom stereocenters. The average molecular weight is 426 g/mol. The standard InChI is InChI=1S/C27H27N3O2/c1-18-19(2)30(16-20-8-10-22(11-9-20)27(31)32-3)26-24(12-14-28-25(18)26)29-15-13-21-6-4-5-7-23(21)17-29/h4-12,14H,13,15-17H2,1-3H3. The fourth-order valence-corrected chi connectivity index (χ4v) is 4.73. The second-order valence-corrected chi connectivity index (χ2v) is 8.45. The average Bonchev–Trinajstić information content (AvgIpc) is 3.08. The Morgan fingerprint density at radius 2 is 1.78 bits per heavy atom. The first-order chi connectivity index (χ1) is 15.6. The van der Waals surface area contributed by atoms with Crippen LogP contribution in [0.3, 0.4) is 0 Å². The quantitative estimate of drug-likeness (QED) is 0.429. The van der Waals surface area contributed by atoms with E-state index in [1.165, 1.54) is 40.7 Å². The Balaban J connectivity index is 1.55. The number of methoxy groups -OCH3 is 1. The highest BCUT2D eigenvalue weighted by Crippen LogP contribution is 2.34. The summed E-state index contributed by atoms with van der Waals surface area (Å²) in [6.45, 7) is 6.94. The van der Waals surface area contributed by atoms with E-state index in [0.717, 1.165) is 37.1 Å². The summed E-state index contributed by atoms with van der Waals surface area (Å²) in [6, 6.07) is 18.5. The number of esters is 1. The van der Waals surface area contributed by atoms with Crippen molar-refractivity contribution in [2.75, 3.05) is 18.6 Å². The molecule has 0 radical (unpaired) electrons. The van der Waals surface area contributed by atoms with E-state index in [0.29, 0.717) is 5.56 Å². The fraction of sp³-hybridized carbons (Fsp3) is 0.259. The van der Waals surface area contributed by atoms with Crippen LogP contribution in [-0.4, -0.2) is 29.2 Å². The van der Waals surface area contributed by atoms with Gasteiger partial charge in [-0.1, -0.05) is 36.4 Å². The second kappa shape index (κ2) is 8.15. The van der Waals surface area contributed by atoms with Gasteiger partial charge in [-0.25, -0.2) is 4.79 Å². The number of anilines is 1. The topological polar surface area (TPSA) is 47.4 Å². The third-order valence-electron chi connectivity index (χ3n) is 6.66. The molecular formula is C27H27N3O2. The molecule has 2 aromatic heterocycles. The van der Waals surface area contributed by atoms with Crippen LogP contribution in [0.5, 0.6) is 0 Å². The fourth-order valence-electron chi connectivity index (χ4n) is 4.73. The van der Waals surface area contributed by atoms with Crippen molar-refractivity contribution in [1.82, 2.24) is 9.55 Å². The summed E-state index contributed by atoms with van der Waals surface area (Å²) in [5.74, 6) is -0.313. The summed E-state index contributed by atoms with van der Waals surface area (Å²) in [4.78, 5) is 19.0. The molecule has 0 N–H and O–H groups in total. The first kappa shape index (κ1) is 20.3. The monoisotopic (exact) mass is 425 g/mol. The molecule has 0 unspecified atom stereocenters. The van der Waals surface area contributed by atoms with Crippen LogP contribution in [0.25, 0.3) is 11.0 Å². The highest BCUT2D eigenvalue weighted by atomic mass is 16.5. The minimum absolute atomic E-state index is 0.313. The van der Waals surface area contributed by atoms with Crippen molar-refractivity contribution in [1.29, 1.82) is 0 Å². The Bertz CT molecular complexity index is 1300. The number of nitrogens with zero attached hydrogens (tertiary/aromatic N) is 3. The van der Waals surface area contributed by atoms with Crippen molar-refractivity contribution in [2.24, 2.45) is 0 Å². The maximum absolute atomic E-state index is 11.8. The number of rotatable bonds is 4. The third-order valence-corrected chi connectivity index (χ3v) is 6.66. The van der Waals surface area contributed by atoms with E-state index >= 15 is 0 Å². The minimum Gasteiger partial charge on any atom is -0.465 e. The zero-order valence-electron chi connectivity index (χ0n) is 18.8. The molecule has 2 aromatic carbocycles. The molecular weight excluding hydrogens is 398 g/mol. The van der Waals surface area contributed by atoms with Crippen LogP contribution in [-0.2, 0) is 24.2 Å². The van der Waals surface area contributed by atoms with E-state index < -0.39 is 0 Å². The smallest absolute Gasteiger partial charge is 0.337 e. The van der Waals surface area contributed by atoms with Crippen LogP contribution in [0.15, 0.2) is 60.8 Å². The van der Waals surface area contributed by atoms with Crippen LogP contribution in [0.2, 0.25) is 0 Å². The summed E-state index contributed by atoms with van der Waals surface area (Å²) in [5.41, 5.74) is 10.4. The van der Waals surface area contributed by atoms with Crippen LogP contribution < -0.4 is 4.90 Å². The second-order valence-electron chi connectivity index (χ2n) is 8.45. The Morgan fingerprint density at radius 3 is 2.53 bits per heavy atom. The van der Waals surface area contributed by atoms with E-state index in [4.69, 9.17) is 9.72 Å². The zero-order valence-corrected chi connectivity index (χ0v) is 18.8. The third kappa shape index (κ3) is 3.44. The number of carbonyl (C=O) groups is 1. The number of pyridine rings is 1. The lowest BCUT2D eigenvalue weighted by atomic mass is 9.99. The molecule has 3 heterocycles. The molecule has 1 aliphatic rings. The minimum atomic E-state index is -0.313. The number of hydrogen-bond acceptors (Lipinski definition) is 4. The van der Waals surface area contributed by atoms with Gasteiger partial charge in [-0.15, -0.1) is 0 Å². The van der Waals surface area contributed by atoms with E-state index in [9.17, 15) is 4.79 Å². The van der Waals surface area contributed by atoms with E-state index in [-0.39, 0.29) is 5.97 Å². The summed E-state index contributed by atoms with van der Waals surface area (Å²) >= 11 is 0. The largest absolute Gasteiger partial charge is 0.465 e. The zero-order chi connectivity index (χ0) is 22.2. The predicted octanol–water partition coefficient (Wildman–Crippen LogP) is 5.05. The molecule has 0 saturated carbocycles. The van der Waals surface area contributed by atoms with Crippen LogP contribution in [0.1, 0.15) is 38.3 Å². The van der Waals surface area contributed by atoms with Crippen molar-refractivity contribution in [3.8, 4) is 0 Å². The molecule has 5 rings (SSSR count). The molecule has 0 saturated heterocycles. The Kier molecular flexibility index (Phi) is 5.17. The lowest BCUT2D eigenvalue weighted by Crippen LogP contribution is -2.30. The SMILES string of the molecule is COC(=O)c1ccc(Cn2c(C)c(C)c3nccc(N4CCc5ccccc5C4)c32)cc1. The van der Waals surface area contributed by atoms with Gasteiger partial charge in [0.05, 0.1) is 29.4 Å². The van der Waals surface area contributed by atoms with E-state index in [1.54, 1.807) is 0 Å². The van der Waals surface area contributed by atoms with Crippen molar-refractivity contribution in [3.05, 3.63) is 94.3 Å². The molecule has 162 valence electrons. The number of ether oxygens (including phenoxy) is 1. The highest BCUT2D eigenvalue weighted by Gasteiger charge is 2.22. The number of aromatic nitrogens is 2. The summed E-state index contributed by atoms with van der Waals surface area (Å²) in [5, 5.41) is 0. The number of hydrogen-bond donors (Lipinski definition) is 0. The van der Waals surface area contributed by atoms with Crippen LogP contribution >= 0.6 is 0 Å². The summed E-state index contributed by atoms with van der Waals surface area (Å²) < 4.78 is 7.19. The van der Waals surface area contributed by atoms with Crippen molar-refractivity contribution < 1.29 is 9.53 Å². The van der Waals surface area contributed by atoms with Gasteiger partial charge < -0.3 is 14.2 Å². The van der Waals surface area contributed by atoms with Gasteiger partial charge in [-0.3, -0.25) is 4.98 Å². The van der Waals surface area contributed by atoms with Gasteiger partial charge in [-0.2, -0.15) is 0 Å². The molecule has 5 nitrogen and oxygen atoms in total. The van der Waals surface area contributed by atoms with Gasteiger partial charge in [0.25, 0.3) is 0 Å². The van der Waals surface area contributed by atoms with Crippen LogP contribution in [0.4, 0.5) is 5.69 Å². The molecule has 32 heavy (non-hydrogen) atoms. The van der Waals surface area contributed by atoms with Gasteiger partial charge >= 0.3 is 5.97 Å². The molecule has 0 aliphatic carbocycles. The highest BCUT2D eigenvalue weighted by molar-refractivity contribution is 5.93. The number of benzene rings is 2. The van der Waals surface area contributed by atoms with Crippen LogP contribution in [0, 0.1) is 13.8 Å². The molecule has 0 spiro atoms. The molecule has 0 bridgehead atoms. The van der Waals surface area contributed by atoms with Gasteiger partial charge in [0.15, 0.2) is 0 Å². The first-order valence-electron chi connectivity index (χ1n) is 11.0. The number of fused-ring (bicyclic) bond motifs is 2. The lowest BCUT2D eigenvalue weighted by Gasteiger charge is -2.31. The first-order valence-corrected chi connectivity index (χ1v) is 11.0. The maximum Gasteiger partial charge on any atom is 0.337 e. The lowest BCUT2D eigenvalue weighted by molar-refractivity contribution is 0.0600. The number of carbonyl (C=O) groups excluding carboxylic acids is 1. The number of aryl methyl sites for hydroxylation is 1. The van der Waals surface area contributed by atoms with Gasteiger partial charge in [0, 0.05) is 31.5 Å². The Hall–Kier alpha value is -3.60. The van der Waals surface area contributed by atoms with Gasteiger partial charge in [0.2, 0.25) is 0 Å². The summed E-state index contributed by atoms with van der Waals surface area (Å²) in [7, 11) is 1.40. The van der Waals surface area contributed by atoms with Gasteiger partial charge in [0.1, 0.15) is 0 Å². The van der Waals surface area contributed by atoms with Gasteiger partial charge in [-0.05, 0) is 60.7 Å². The molecule has 0 fully saturated rings. The van der Waals surface area contributed by atoms with Crippen molar-refractivity contribution >= 4 is 22.7 Å².